The van der Waals surface area contributed by atoms with Gasteiger partial charge in [0, 0.05) is 13.5 Å². The molecule has 1 atom stereocenters. The molecule has 0 fully saturated rings. The summed E-state index contributed by atoms with van der Waals surface area (Å²) in [5, 5.41) is 18.7. The molecule has 0 spiro atoms. The van der Waals surface area contributed by atoms with Crippen LogP contribution >= 0.6 is 0 Å². The molecular weight excluding hydrogens is 318 g/mol. The summed E-state index contributed by atoms with van der Waals surface area (Å²) in [6.07, 6.45) is 1.66. The van der Waals surface area contributed by atoms with Crippen molar-refractivity contribution in [3.8, 4) is 11.1 Å². The van der Waals surface area contributed by atoms with Crippen LogP contribution in [-0.2, 0) is 16.1 Å². The molecular formula is C20H25NO4. The molecule has 0 saturated carbocycles. The maximum absolute atomic E-state index is 10.9. The van der Waals surface area contributed by atoms with Crippen molar-refractivity contribution in [1.29, 1.82) is 0 Å². The highest BCUT2D eigenvalue weighted by Gasteiger charge is 2.08. The number of ether oxygens (including phenoxy) is 1. The van der Waals surface area contributed by atoms with Crippen molar-refractivity contribution in [2.75, 3.05) is 7.11 Å². The Morgan fingerprint density at radius 3 is 2.20 bits per heavy atom. The number of unbranched alkanes of at least 4 members (excludes halogenated alkanes) is 1. The molecule has 5 heteroatoms. The van der Waals surface area contributed by atoms with Crippen LogP contribution in [-0.4, -0.2) is 23.3 Å². The minimum atomic E-state index is -0.546. The van der Waals surface area contributed by atoms with E-state index in [-0.39, 0.29) is 6.42 Å². The van der Waals surface area contributed by atoms with Crippen molar-refractivity contribution in [2.24, 2.45) is 0 Å². The number of amides is 1. The standard InChI is InChI=1S/C20H25NO4/c1-25-14-15-6-8-16(9-7-15)17-10-12-18(13-11-17)19(22)4-2-3-5-20(23)21-24/h6-13,19,22,24H,2-5,14H2,1H3,(H,21,23)/t19-/m1/s1. The second-order valence-corrected chi connectivity index (χ2v) is 6.05. The predicted octanol–water partition coefficient (Wildman–Crippen LogP) is 3.60. The molecule has 0 radical (unpaired) electrons. The Kier molecular flexibility index (Phi) is 7.60. The highest BCUT2D eigenvalue weighted by Crippen LogP contribution is 2.25. The van der Waals surface area contributed by atoms with E-state index in [4.69, 9.17) is 9.94 Å². The van der Waals surface area contributed by atoms with Gasteiger partial charge in [0.15, 0.2) is 0 Å². The van der Waals surface area contributed by atoms with E-state index >= 15 is 0 Å². The maximum Gasteiger partial charge on any atom is 0.243 e. The van der Waals surface area contributed by atoms with Gasteiger partial charge in [-0.05, 0) is 35.1 Å². The number of methoxy groups -OCH3 is 1. The average Bonchev–Trinajstić information content (AvgIpc) is 2.66. The van der Waals surface area contributed by atoms with Crippen LogP contribution in [0.25, 0.3) is 11.1 Å². The first-order valence-electron chi connectivity index (χ1n) is 8.43. The Morgan fingerprint density at radius 1 is 1.04 bits per heavy atom. The average molecular weight is 343 g/mol. The quantitative estimate of drug-likeness (QED) is 0.369. The van der Waals surface area contributed by atoms with Gasteiger partial charge in [-0.1, -0.05) is 55.0 Å². The third kappa shape index (κ3) is 5.98. The van der Waals surface area contributed by atoms with Crippen molar-refractivity contribution in [3.63, 3.8) is 0 Å². The number of rotatable bonds is 9. The fourth-order valence-electron chi connectivity index (χ4n) is 2.70. The molecule has 2 aromatic carbocycles. The van der Waals surface area contributed by atoms with Crippen LogP contribution in [0.4, 0.5) is 0 Å². The number of aliphatic hydroxyl groups excluding tert-OH is 1. The van der Waals surface area contributed by atoms with E-state index in [1.165, 1.54) is 0 Å². The summed E-state index contributed by atoms with van der Waals surface area (Å²) in [6, 6.07) is 16.1. The van der Waals surface area contributed by atoms with E-state index in [0.717, 1.165) is 28.7 Å². The van der Waals surface area contributed by atoms with Crippen LogP contribution in [0.5, 0.6) is 0 Å². The lowest BCUT2D eigenvalue weighted by Crippen LogP contribution is -2.17. The van der Waals surface area contributed by atoms with Gasteiger partial charge in [0.2, 0.25) is 5.91 Å². The summed E-state index contributed by atoms with van der Waals surface area (Å²) in [4.78, 5) is 10.9. The van der Waals surface area contributed by atoms with Crippen molar-refractivity contribution in [2.45, 2.75) is 38.4 Å². The molecule has 2 aromatic rings. The van der Waals surface area contributed by atoms with Crippen molar-refractivity contribution >= 4 is 5.91 Å². The second-order valence-electron chi connectivity index (χ2n) is 6.05. The summed E-state index contributed by atoms with van der Waals surface area (Å²) in [5.74, 6) is -0.393. The third-order valence-corrected chi connectivity index (χ3v) is 4.15. The number of hydroxylamine groups is 1. The van der Waals surface area contributed by atoms with E-state index in [9.17, 15) is 9.90 Å². The number of hydrogen-bond acceptors (Lipinski definition) is 4. The van der Waals surface area contributed by atoms with Gasteiger partial charge in [-0.2, -0.15) is 0 Å². The van der Waals surface area contributed by atoms with Crippen LogP contribution in [0.3, 0.4) is 0 Å². The van der Waals surface area contributed by atoms with E-state index in [0.29, 0.717) is 19.4 Å². The van der Waals surface area contributed by atoms with E-state index in [2.05, 4.69) is 12.1 Å². The molecule has 0 bridgehead atoms. The fourth-order valence-corrected chi connectivity index (χ4v) is 2.70. The SMILES string of the molecule is COCc1ccc(-c2ccc([C@H](O)CCCCC(=O)NO)cc2)cc1. The minimum Gasteiger partial charge on any atom is -0.388 e. The molecule has 3 N–H and O–H groups in total. The summed E-state index contributed by atoms with van der Waals surface area (Å²) >= 11 is 0. The number of nitrogens with one attached hydrogen (secondary N) is 1. The van der Waals surface area contributed by atoms with Gasteiger partial charge in [0.05, 0.1) is 12.7 Å². The van der Waals surface area contributed by atoms with Gasteiger partial charge in [0.1, 0.15) is 0 Å². The highest BCUT2D eigenvalue weighted by atomic mass is 16.5. The van der Waals surface area contributed by atoms with Gasteiger partial charge in [-0.3, -0.25) is 10.0 Å². The summed E-state index contributed by atoms with van der Waals surface area (Å²) in [6.45, 7) is 0.603. The number of aliphatic hydroxyl groups is 1. The Morgan fingerprint density at radius 2 is 1.64 bits per heavy atom. The summed E-state index contributed by atoms with van der Waals surface area (Å²) in [7, 11) is 1.68. The van der Waals surface area contributed by atoms with E-state index in [1.807, 2.05) is 36.4 Å². The van der Waals surface area contributed by atoms with Crippen LogP contribution in [0, 0.1) is 0 Å². The largest absolute Gasteiger partial charge is 0.388 e. The monoisotopic (exact) mass is 343 g/mol. The van der Waals surface area contributed by atoms with Crippen LogP contribution in [0.2, 0.25) is 0 Å². The number of hydrogen-bond donors (Lipinski definition) is 3. The smallest absolute Gasteiger partial charge is 0.243 e. The fraction of sp³-hybridized carbons (Fsp3) is 0.350. The topological polar surface area (TPSA) is 78.8 Å². The summed E-state index contributed by atoms with van der Waals surface area (Å²) in [5.41, 5.74) is 5.83. The zero-order valence-corrected chi connectivity index (χ0v) is 14.4. The molecule has 0 aliphatic heterocycles. The lowest BCUT2D eigenvalue weighted by Gasteiger charge is -2.12. The van der Waals surface area contributed by atoms with E-state index < -0.39 is 12.0 Å². The molecule has 0 saturated heterocycles. The van der Waals surface area contributed by atoms with Crippen molar-refractivity contribution in [1.82, 2.24) is 5.48 Å². The van der Waals surface area contributed by atoms with Gasteiger partial charge in [0.25, 0.3) is 0 Å². The Balaban J connectivity index is 1.89. The molecule has 0 aliphatic carbocycles. The zero-order chi connectivity index (χ0) is 18.1. The van der Waals surface area contributed by atoms with Crippen molar-refractivity contribution < 1.29 is 19.8 Å². The second kappa shape index (κ2) is 9.93. The first-order valence-corrected chi connectivity index (χ1v) is 8.43. The molecule has 2 rings (SSSR count). The lowest BCUT2D eigenvalue weighted by atomic mass is 9.98. The van der Waals surface area contributed by atoms with Gasteiger partial charge >= 0.3 is 0 Å². The number of benzene rings is 2. The van der Waals surface area contributed by atoms with Crippen LogP contribution in [0.1, 0.15) is 42.9 Å². The Bertz CT molecular complexity index is 652. The van der Waals surface area contributed by atoms with Crippen LogP contribution in [0.15, 0.2) is 48.5 Å². The normalized spacial score (nSPS) is 12.0. The first kappa shape index (κ1) is 19.1. The molecule has 0 heterocycles. The number of carbonyl (C=O) groups excluding carboxylic acids is 1. The van der Waals surface area contributed by atoms with Gasteiger partial charge in [-0.25, -0.2) is 5.48 Å². The molecule has 1 amide bonds. The van der Waals surface area contributed by atoms with Crippen LogP contribution < -0.4 is 5.48 Å². The molecule has 0 aromatic heterocycles. The molecule has 0 aliphatic rings. The molecule has 0 unspecified atom stereocenters. The van der Waals surface area contributed by atoms with Gasteiger partial charge in [-0.15, -0.1) is 0 Å². The predicted molar refractivity (Wildman–Crippen MR) is 95.9 cm³/mol. The van der Waals surface area contributed by atoms with E-state index in [1.54, 1.807) is 12.6 Å². The molecule has 5 nitrogen and oxygen atoms in total. The minimum absolute atomic E-state index is 0.265. The molecule has 134 valence electrons. The summed E-state index contributed by atoms with van der Waals surface area (Å²) < 4.78 is 5.11. The van der Waals surface area contributed by atoms with Crippen molar-refractivity contribution in [3.05, 3.63) is 59.7 Å². The highest BCUT2D eigenvalue weighted by molar-refractivity contribution is 5.74. The Hall–Kier alpha value is -2.21. The third-order valence-electron chi connectivity index (χ3n) is 4.15. The lowest BCUT2D eigenvalue weighted by molar-refractivity contribution is -0.129. The molecule has 25 heavy (non-hydrogen) atoms. The number of carbonyl (C=O) groups is 1. The maximum atomic E-state index is 10.9. The first-order chi connectivity index (χ1) is 12.1. The zero-order valence-electron chi connectivity index (χ0n) is 14.4. The Labute approximate surface area is 148 Å². The van der Waals surface area contributed by atoms with Gasteiger partial charge < -0.3 is 9.84 Å².